The first-order valence-electron chi connectivity index (χ1n) is 13.7. The molecule has 1 fully saturated rings. The zero-order chi connectivity index (χ0) is 27.6. The molecule has 5 rings (SSSR count). The van der Waals surface area contributed by atoms with Crippen molar-refractivity contribution in [3.63, 3.8) is 0 Å². The van der Waals surface area contributed by atoms with Crippen molar-refractivity contribution in [3.8, 4) is 11.5 Å². The van der Waals surface area contributed by atoms with E-state index < -0.39 is 18.0 Å². The average Bonchev–Trinajstić information content (AvgIpc) is 3.24. The molecule has 1 aliphatic heterocycles. The lowest BCUT2D eigenvalue weighted by atomic mass is 9.66. The van der Waals surface area contributed by atoms with Crippen molar-refractivity contribution in [3.05, 3.63) is 95.1 Å². The van der Waals surface area contributed by atoms with Crippen LogP contribution in [0.4, 0.5) is 4.79 Å². The summed E-state index contributed by atoms with van der Waals surface area (Å²) in [5.74, 6) is 0.519. The zero-order valence-corrected chi connectivity index (χ0v) is 23.2. The van der Waals surface area contributed by atoms with Gasteiger partial charge in [0.05, 0.1) is 25.8 Å². The predicted octanol–water partition coefficient (Wildman–Crippen LogP) is 7.12. The number of hydrogen-bond acceptors (Lipinski definition) is 5. The molecule has 0 aromatic heterocycles. The molecule has 0 radical (unpaired) electrons. The first kappa shape index (κ1) is 26.8. The van der Waals surface area contributed by atoms with Gasteiger partial charge in [0.2, 0.25) is 0 Å². The number of carbonyl (C=O) groups excluding carboxylic acids is 2. The van der Waals surface area contributed by atoms with Crippen molar-refractivity contribution in [1.82, 2.24) is 4.90 Å². The number of fused-ring (bicyclic) bond motifs is 1. The van der Waals surface area contributed by atoms with Gasteiger partial charge in [-0.3, -0.25) is 4.79 Å². The SMILES string of the molecule is COc1ccc2c(c1OC)C(=O)N(C(=O)O[C@H]1CCCC[C@@H]1C(C)(C)c1ccccc1)[C@H]2Cc1ccccc1. The van der Waals surface area contributed by atoms with Gasteiger partial charge in [-0.15, -0.1) is 0 Å². The van der Waals surface area contributed by atoms with Crippen LogP contribution in [0.3, 0.4) is 0 Å². The maximum atomic E-state index is 14.0. The summed E-state index contributed by atoms with van der Waals surface area (Å²) in [6, 6.07) is 23.4. The summed E-state index contributed by atoms with van der Waals surface area (Å²) >= 11 is 0. The van der Waals surface area contributed by atoms with Crippen LogP contribution >= 0.6 is 0 Å². The van der Waals surface area contributed by atoms with Gasteiger partial charge in [-0.25, -0.2) is 9.69 Å². The van der Waals surface area contributed by atoms with Gasteiger partial charge in [0.15, 0.2) is 11.5 Å². The molecule has 3 aromatic rings. The van der Waals surface area contributed by atoms with Crippen LogP contribution in [-0.2, 0) is 16.6 Å². The van der Waals surface area contributed by atoms with Crippen LogP contribution in [-0.4, -0.2) is 37.2 Å². The van der Waals surface area contributed by atoms with Crippen LogP contribution in [0.25, 0.3) is 0 Å². The van der Waals surface area contributed by atoms with Crippen LogP contribution in [0.1, 0.15) is 72.6 Å². The highest BCUT2D eigenvalue weighted by Crippen LogP contribution is 2.46. The fraction of sp³-hybridized carbons (Fsp3) is 0.394. The Bertz CT molecular complexity index is 1320. The summed E-state index contributed by atoms with van der Waals surface area (Å²) in [6.45, 7) is 4.46. The topological polar surface area (TPSA) is 65.1 Å². The summed E-state index contributed by atoms with van der Waals surface area (Å²) in [5, 5.41) is 0. The lowest BCUT2D eigenvalue weighted by Gasteiger charge is -2.42. The first-order valence-corrected chi connectivity index (χ1v) is 13.7. The monoisotopic (exact) mass is 527 g/mol. The Labute approximate surface area is 230 Å². The molecule has 204 valence electrons. The van der Waals surface area contributed by atoms with Gasteiger partial charge < -0.3 is 14.2 Å². The number of amides is 2. The molecule has 0 spiro atoms. The molecule has 3 aromatic carbocycles. The molecule has 2 amide bonds. The summed E-state index contributed by atoms with van der Waals surface area (Å²) in [5.41, 5.74) is 3.16. The molecule has 0 N–H and O–H groups in total. The third-order valence-electron chi connectivity index (χ3n) is 8.55. The molecular formula is C33H37NO5. The first-order chi connectivity index (χ1) is 18.9. The molecule has 0 bridgehead atoms. The van der Waals surface area contributed by atoms with E-state index >= 15 is 0 Å². The molecule has 0 saturated heterocycles. The van der Waals surface area contributed by atoms with E-state index in [2.05, 4.69) is 38.1 Å². The third-order valence-corrected chi connectivity index (χ3v) is 8.55. The number of methoxy groups -OCH3 is 2. The molecule has 2 aliphatic rings. The highest BCUT2D eigenvalue weighted by Gasteiger charge is 2.47. The van der Waals surface area contributed by atoms with Crippen LogP contribution in [0.2, 0.25) is 0 Å². The van der Waals surface area contributed by atoms with Gasteiger partial charge in [-0.1, -0.05) is 87.0 Å². The number of rotatable bonds is 7. The quantitative estimate of drug-likeness (QED) is 0.327. The Kier molecular flexibility index (Phi) is 7.65. The molecule has 39 heavy (non-hydrogen) atoms. The Morgan fingerprint density at radius 3 is 2.23 bits per heavy atom. The average molecular weight is 528 g/mol. The summed E-state index contributed by atoms with van der Waals surface area (Å²) in [7, 11) is 3.05. The van der Waals surface area contributed by atoms with Gasteiger partial charge in [-0.2, -0.15) is 0 Å². The van der Waals surface area contributed by atoms with Gasteiger partial charge in [-0.05, 0) is 53.9 Å². The van der Waals surface area contributed by atoms with Crippen molar-refractivity contribution >= 4 is 12.0 Å². The molecule has 6 heteroatoms. The largest absolute Gasteiger partial charge is 0.493 e. The standard InChI is InChI=1S/C33H37NO5/c1-33(2,23-15-9-6-10-16-23)25-17-11-12-18-27(25)39-32(36)34-26(21-22-13-7-5-8-14-22)24-19-20-28(37-3)30(38-4)29(24)31(34)35/h5-10,13-16,19-20,25-27H,11-12,17-18,21H2,1-4H3/t25-,26-,27-/m0/s1. The van der Waals surface area contributed by atoms with Crippen LogP contribution < -0.4 is 9.47 Å². The minimum atomic E-state index is -0.598. The van der Waals surface area contributed by atoms with E-state index in [0.29, 0.717) is 23.5 Å². The molecule has 6 nitrogen and oxygen atoms in total. The number of benzene rings is 3. The predicted molar refractivity (Wildman–Crippen MR) is 150 cm³/mol. The molecule has 1 heterocycles. The normalized spacial score (nSPS) is 20.9. The molecule has 1 saturated carbocycles. The fourth-order valence-electron chi connectivity index (χ4n) is 6.42. The summed E-state index contributed by atoms with van der Waals surface area (Å²) in [4.78, 5) is 29.2. The Hall–Kier alpha value is -3.80. The number of ether oxygens (including phenoxy) is 3. The zero-order valence-electron chi connectivity index (χ0n) is 23.2. The minimum absolute atomic E-state index is 0.139. The molecule has 0 unspecified atom stereocenters. The Balaban J connectivity index is 1.48. The number of nitrogens with zero attached hydrogens (tertiary/aromatic N) is 1. The molecule has 3 atom stereocenters. The maximum absolute atomic E-state index is 14.0. The lowest BCUT2D eigenvalue weighted by Crippen LogP contribution is -2.45. The second-order valence-electron chi connectivity index (χ2n) is 11.0. The van der Waals surface area contributed by atoms with E-state index in [1.165, 1.54) is 24.7 Å². The van der Waals surface area contributed by atoms with E-state index in [0.717, 1.165) is 36.8 Å². The van der Waals surface area contributed by atoms with Gasteiger partial charge in [0.25, 0.3) is 5.91 Å². The Morgan fingerprint density at radius 2 is 1.56 bits per heavy atom. The van der Waals surface area contributed by atoms with E-state index in [9.17, 15) is 9.59 Å². The van der Waals surface area contributed by atoms with Crippen molar-refractivity contribution in [2.24, 2.45) is 5.92 Å². The van der Waals surface area contributed by atoms with Crippen molar-refractivity contribution in [1.29, 1.82) is 0 Å². The Morgan fingerprint density at radius 1 is 0.897 bits per heavy atom. The van der Waals surface area contributed by atoms with Crippen LogP contribution in [0, 0.1) is 5.92 Å². The van der Waals surface area contributed by atoms with Crippen molar-refractivity contribution in [2.75, 3.05) is 14.2 Å². The summed E-state index contributed by atoms with van der Waals surface area (Å²) < 4.78 is 17.4. The van der Waals surface area contributed by atoms with E-state index in [-0.39, 0.29) is 17.4 Å². The van der Waals surface area contributed by atoms with Crippen molar-refractivity contribution in [2.45, 2.75) is 63.5 Å². The van der Waals surface area contributed by atoms with Crippen LogP contribution in [0.15, 0.2) is 72.8 Å². The highest BCUT2D eigenvalue weighted by molar-refractivity contribution is 6.09. The highest BCUT2D eigenvalue weighted by atomic mass is 16.6. The minimum Gasteiger partial charge on any atom is -0.493 e. The van der Waals surface area contributed by atoms with E-state index in [4.69, 9.17) is 14.2 Å². The van der Waals surface area contributed by atoms with Gasteiger partial charge in [0.1, 0.15) is 6.10 Å². The smallest absolute Gasteiger partial charge is 0.417 e. The third kappa shape index (κ3) is 5.00. The molecular weight excluding hydrogens is 490 g/mol. The number of hydrogen-bond donors (Lipinski definition) is 0. The van der Waals surface area contributed by atoms with E-state index in [1.54, 1.807) is 6.07 Å². The number of imide groups is 1. The summed E-state index contributed by atoms with van der Waals surface area (Å²) in [6.07, 6.45) is 3.43. The molecule has 1 aliphatic carbocycles. The van der Waals surface area contributed by atoms with E-state index in [1.807, 2.05) is 42.5 Å². The number of carbonyl (C=O) groups is 2. The maximum Gasteiger partial charge on any atom is 0.417 e. The fourth-order valence-corrected chi connectivity index (χ4v) is 6.42. The van der Waals surface area contributed by atoms with Gasteiger partial charge >= 0.3 is 6.09 Å². The second-order valence-corrected chi connectivity index (χ2v) is 11.0. The lowest BCUT2D eigenvalue weighted by molar-refractivity contribution is -0.00781. The van der Waals surface area contributed by atoms with Crippen molar-refractivity contribution < 1.29 is 23.8 Å². The van der Waals surface area contributed by atoms with Gasteiger partial charge in [0, 0.05) is 5.92 Å². The van der Waals surface area contributed by atoms with Crippen LogP contribution in [0.5, 0.6) is 11.5 Å². The second kappa shape index (κ2) is 11.1.